The lowest BCUT2D eigenvalue weighted by Gasteiger charge is -2.26. The molecule has 0 radical (unpaired) electrons. The van der Waals surface area contributed by atoms with E-state index < -0.39 is 0 Å². The number of hydrogen-bond acceptors (Lipinski definition) is 4. The molecule has 1 aliphatic rings. The number of rotatable bonds is 6. The van der Waals surface area contributed by atoms with Crippen LogP contribution in [0.5, 0.6) is 17.2 Å². The van der Waals surface area contributed by atoms with Gasteiger partial charge in [0.15, 0.2) is 11.5 Å². The molecule has 2 aromatic rings. The van der Waals surface area contributed by atoms with Crippen molar-refractivity contribution in [2.75, 3.05) is 27.9 Å². The Hall–Kier alpha value is -2.69. The second-order valence-electron chi connectivity index (χ2n) is 6.39. The van der Waals surface area contributed by atoms with Crippen molar-refractivity contribution in [1.29, 1.82) is 0 Å². The average Bonchev–Trinajstić information content (AvgIpc) is 3.17. The number of hydrogen-bond donors (Lipinski definition) is 0. The van der Waals surface area contributed by atoms with Crippen LogP contribution in [0.1, 0.15) is 30.0 Å². The fourth-order valence-electron chi connectivity index (χ4n) is 3.53. The SMILES string of the molecule is COc1cccc(CC(=O)N2CCCC2c2ccc(OC)c(OC)c2)c1. The molecule has 0 aromatic heterocycles. The molecule has 5 nitrogen and oxygen atoms in total. The van der Waals surface area contributed by atoms with Crippen LogP contribution in [0.4, 0.5) is 0 Å². The van der Waals surface area contributed by atoms with Gasteiger partial charge in [0.05, 0.1) is 33.8 Å². The Morgan fingerprint density at radius 3 is 2.58 bits per heavy atom. The van der Waals surface area contributed by atoms with Crippen molar-refractivity contribution in [3.8, 4) is 17.2 Å². The Labute approximate surface area is 154 Å². The van der Waals surface area contributed by atoms with Crippen molar-refractivity contribution in [3.63, 3.8) is 0 Å². The monoisotopic (exact) mass is 355 g/mol. The van der Waals surface area contributed by atoms with Crippen molar-refractivity contribution in [1.82, 2.24) is 4.90 Å². The zero-order valence-corrected chi connectivity index (χ0v) is 15.5. The minimum Gasteiger partial charge on any atom is -0.497 e. The molecule has 1 amide bonds. The summed E-state index contributed by atoms with van der Waals surface area (Å²) in [5, 5.41) is 0. The molecule has 0 spiro atoms. The molecule has 1 atom stereocenters. The second kappa shape index (κ2) is 8.13. The number of likely N-dealkylation sites (tertiary alicyclic amines) is 1. The van der Waals surface area contributed by atoms with Crippen molar-refractivity contribution < 1.29 is 19.0 Å². The van der Waals surface area contributed by atoms with Crippen LogP contribution in [0, 0.1) is 0 Å². The van der Waals surface area contributed by atoms with Gasteiger partial charge in [-0.3, -0.25) is 4.79 Å². The number of carbonyl (C=O) groups excluding carboxylic acids is 1. The first-order chi connectivity index (χ1) is 12.7. The zero-order valence-electron chi connectivity index (χ0n) is 15.5. The smallest absolute Gasteiger partial charge is 0.227 e. The summed E-state index contributed by atoms with van der Waals surface area (Å²) < 4.78 is 16.0. The molecule has 138 valence electrons. The van der Waals surface area contributed by atoms with E-state index in [0.717, 1.165) is 36.3 Å². The van der Waals surface area contributed by atoms with E-state index in [4.69, 9.17) is 14.2 Å². The fourth-order valence-corrected chi connectivity index (χ4v) is 3.53. The number of benzene rings is 2. The van der Waals surface area contributed by atoms with E-state index in [9.17, 15) is 4.79 Å². The van der Waals surface area contributed by atoms with Crippen LogP contribution in [0.2, 0.25) is 0 Å². The third-order valence-electron chi connectivity index (χ3n) is 4.86. The lowest BCUT2D eigenvalue weighted by Crippen LogP contribution is -2.31. The second-order valence-corrected chi connectivity index (χ2v) is 6.39. The zero-order chi connectivity index (χ0) is 18.5. The quantitative estimate of drug-likeness (QED) is 0.794. The Bertz CT molecular complexity index is 774. The van der Waals surface area contributed by atoms with E-state index >= 15 is 0 Å². The third-order valence-corrected chi connectivity index (χ3v) is 4.86. The number of methoxy groups -OCH3 is 3. The highest BCUT2D eigenvalue weighted by atomic mass is 16.5. The Morgan fingerprint density at radius 2 is 1.85 bits per heavy atom. The minimum absolute atomic E-state index is 0.0768. The first kappa shape index (κ1) is 18.1. The van der Waals surface area contributed by atoms with Crippen LogP contribution >= 0.6 is 0 Å². The Balaban J connectivity index is 1.78. The van der Waals surface area contributed by atoms with Crippen LogP contribution in [0.25, 0.3) is 0 Å². The van der Waals surface area contributed by atoms with Crippen LogP contribution in [0.15, 0.2) is 42.5 Å². The molecule has 3 rings (SSSR count). The maximum atomic E-state index is 12.9. The largest absolute Gasteiger partial charge is 0.497 e. The summed E-state index contributed by atoms with van der Waals surface area (Å²) in [6.45, 7) is 0.780. The third kappa shape index (κ3) is 3.77. The molecular formula is C21H25NO4. The van der Waals surface area contributed by atoms with E-state index in [-0.39, 0.29) is 11.9 Å². The van der Waals surface area contributed by atoms with Crippen LogP contribution in [-0.2, 0) is 11.2 Å². The van der Waals surface area contributed by atoms with Crippen molar-refractivity contribution in [3.05, 3.63) is 53.6 Å². The summed E-state index contributed by atoms with van der Waals surface area (Å²) in [6, 6.07) is 13.6. The van der Waals surface area contributed by atoms with E-state index in [1.165, 1.54) is 0 Å². The first-order valence-corrected chi connectivity index (χ1v) is 8.80. The van der Waals surface area contributed by atoms with Gasteiger partial charge in [-0.2, -0.15) is 0 Å². The van der Waals surface area contributed by atoms with E-state index in [2.05, 4.69) is 0 Å². The van der Waals surface area contributed by atoms with Gasteiger partial charge in [0, 0.05) is 6.54 Å². The van der Waals surface area contributed by atoms with Gasteiger partial charge in [0.25, 0.3) is 0 Å². The molecule has 1 fully saturated rings. The van der Waals surface area contributed by atoms with Crippen LogP contribution in [0.3, 0.4) is 0 Å². The van der Waals surface area contributed by atoms with Crippen LogP contribution in [-0.4, -0.2) is 38.7 Å². The van der Waals surface area contributed by atoms with Crippen molar-refractivity contribution in [2.45, 2.75) is 25.3 Å². The number of carbonyl (C=O) groups is 1. The summed E-state index contributed by atoms with van der Waals surface area (Å²) in [4.78, 5) is 14.9. The fraction of sp³-hybridized carbons (Fsp3) is 0.381. The van der Waals surface area contributed by atoms with Gasteiger partial charge in [0.2, 0.25) is 5.91 Å². The predicted molar refractivity (Wildman–Crippen MR) is 99.9 cm³/mol. The van der Waals surface area contributed by atoms with Gasteiger partial charge in [-0.1, -0.05) is 18.2 Å². The molecule has 1 aliphatic heterocycles. The summed E-state index contributed by atoms with van der Waals surface area (Å²) in [7, 11) is 4.88. The van der Waals surface area contributed by atoms with Gasteiger partial charge in [-0.15, -0.1) is 0 Å². The lowest BCUT2D eigenvalue weighted by atomic mass is 10.0. The highest BCUT2D eigenvalue weighted by molar-refractivity contribution is 5.79. The maximum Gasteiger partial charge on any atom is 0.227 e. The van der Waals surface area contributed by atoms with E-state index in [1.54, 1.807) is 21.3 Å². The number of amides is 1. The lowest BCUT2D eigenvalue weighted by molar-refractivity contribution is -0.131. The minimum atomic E-state index is 0.0768. The molecule has 1 unspecified atom stereocenters. The standard InChI is InChI=1S/C21H25NO4/c1-24-17-7-4-6-15(12-17)13-21(23)22-11-5-8-18(22)16-9-10-19(25-2)20(14-16)26-3/h4,6-7,9-10,12,14,18H,5,8,11,13H2,1-3H3. The summed E-state index contributed by atoms with van der Waals surface area (Å²) in [6.07, 6.45) is 2.34. The van der Waals surface area contributed by atoms with E-state index in [1.807, 2.05) is 47.4 Å². The molecule has 0 aliphatic carbocycles. The highest BCUT2D eigenvalue weighted by Gasteiger charge is 2.30. The topological polar surface area (TPSA) is 48.0 Å². The highest BCUT2D eigenvalue weighted by Crippen LogP contribution is 2.37. The Kier molecular flexibility index (Phi) is 5.66. The van der Waals surface area contributed by atoms with Gasteiger partial charge in [0.1, 0.15) is 5.75 Å². The molecule has 0 saturated carbocycles. The van der Waals surface area contributed by atoms with E-state index in [0.29, 0.717) is 17.9 Å². The first-order valence-electron chi connectivity index (χ1n) is 8.80. The molecule has 1 saturated heterocycles. The normalized spacial score (nSPS) is 16.4. The van der Waals surface area contributed by atoms with Gasteiger partial charge < -0.3 is 19.1 Å². The maximum absolute atomic E-state index is 12.9. The molecule has 0 bridgehead atoms. The van der Waals surface area contributed by atoms with Crippen LogP contribution < -0.4 is 14.2 Å². The Morgan fingerprint density at radius 1 is 1.04 bits per heavy atom. The summed E-state index contributed by atoms with van der Waals surface area (Å²) >= 11 is 0. The molecule has 0 N–H and O–H groups in total. The molecule has 5 heteroatoms. The molecule has 26 heavy (non-hydrogen) atoms. The number of nitrogens with zero attached hydrogens (tertiary/aromatic N) is 1. The van der Waals surface area contributed by atoms with Gasteiger partial charge in [-0.25, -0.2) is 0 Å². The molecule has 1 heterocycles. The molecular weight excluding hydrogens is 330 g/mol. The molecule has 2 aromatic carbocycles. The number of ether oxygens (including phenoxy) is 3. The van der Waals surface area contributed by atoms with Crippen molar-refractivity contribution in [2.24, 2.45) is 0 Å². The van der Waals surface area contributed by atoms with Gasteiger partial charge >= 0.3 is 0 Å². The predicted octanol–water partition coefficient (Wildman–Crippen LogP) is 3.62. The van der Waals surface area contributed by atoms with Gasteiger partial charge in [-0.05, 0) is 48.2 Å². The summed E-state index contributed by atoms with van der Waals surface area (Å²) in [5.41, 5.74) is 2.05. The summed E-state index contributed by atoms with van der Waals surface area (Å²) in [5.74, 6) is 2.30. The van der Waals surface area contributed by atoms with Crippen molar-refractivity contribution >= 4 is 5.91 Å². The average molecular weight is 355 g/mol.